The number of carbonyl (C=O) groups is 1. The van der Waals surface area contributed by atoms with Crippen LogP contribution >= 0.6 is 0 Å². The maximum absolute atomic E-state index is 13.6. The monoisotopic (exact) mass is 391 g/mol. The van der Waals surface area contributed by atoms with Crippen LogP contribution in [0.4, 0.5) is 26.7 Å². The van der Waals surface area contributed by atoms with E-state index in [4.69, 9.17) is 4.74 Å². The zero-order chi connectivity index (χ0) is 20.1. The lowest BCUT2D eigenvalue weighted by molar-refractivity contribution is 0.0132. The Bertz CT molecular complexity index is 790. The Hall–Kier alpha value is -2.72. The van der Waals surface area contributed by atoms with Gasteiger partial charge in [-0.2, -0.15) is 0 Å². The minimum Gasteiger partial charge on any atom is -0.445 e. The lowest BCUT2D eigenvalue weighted by Gasteiger charge is -2.20. The van der Waals surface area contributed by atoms with Crippen LogP contribution in [0.1, 0.15) is 17.2 Å². The maximum atomic E-state index is 13.6. The molecule has 146 valence electrons. The van der Waals surface area contributed by atoms with E-state index in [9.17, 15) is 37.0 Å². The summed E-state index contributed by atoms with van der Waals surface area (Å²) in [4.78, 5) is 11.5. The normalized spacial score (nSPS) is 13.1. The van der Waals surface area contributed by atoms with Gasteiger partial charge in [-0.25, -0.2) is 26.7 Å². The Balaban J connectivity index is 1.98. The minimum absolute atomic E-state index is 0.108. The van der Waals surface area contributed by atoms with Crippen LogP contribution in [0.5, 0.6) is 0 Å². The number of hydrogen-bond acceptors (Lipinski definition) is 4. The maximum Gasteiger partial charge on any atom is 0.407 e. The fourth-order valence-corrected chi connectivity index (χ4v) is 2.15. The van der Waals surface area contributed by atoms with Gasteiger partial charge in [0.05, 0.1) is 5.56 Å². The molecule has 1 amide bonds. The van der Waals surface area contributed by atoms with Gasteiger partial charge in [-0.05, 0) is 5.56 Å². The molecule has 2 rings (SSSR count). The number of alkyl carbamates (subject to hydrolysis) is 1. The van der Waals surface area contributed by atoms with Gasteiger partial charge in [0.15, 0.2) is 23.3 Å². The number of amides is 1. The molecule has 0 saturated heterocycles. The summed E-state index contributed by atoms with van der Waals surface area (Å²) in [5.74, 6) is -11.5. The van der Waals surface area contributed by atoms with Crippen LogP contribution in [0.15, 0.2) is 30.3 Å². The molecule has 0 heterocycles. The highest BCUT2D eigenvalue weighted by atomic mass is 19.2. The summed E-state index contributed by atoms with van der Waals surface area (Å²) < 4.78 is 71.4. The number of aliphatic hydroxyl groups is 2. The second kappa shape index (κ2) is 8.78. The van der Waals surface area contributed by atoms with E-state index in [2.05, 4.69) is 0 Å². The SMILES string of the molecule is O=C(NCC(O)C(O)c1c(F)c(F)c(F)c(F)c1F)OCc1ccccc1. The van der Waals surface area contributed by atoms with Crippen molar-refractivity contribution in [2.45, 2.75) is 18.8 Å². The van der Waals surface area contributed by atoms with Crippen LogP contribution < -0.4 is 5.32 Å². The molecule has 0 spiro atoms. The van der Waals surface area contributed by atoms with E-state index in [1.54, 1.807) is 30.3 Å². The Morgan fingerprint density at radius 1 is 0.926 bits per heavy atom. The molecule has 2 aromatic rings. The number of rotatable bonds is 6. The van der Waals surface area contributed by atoms with E-state index >= 15 is 0 Å². The summed E-state index contributed by atoms with van der Waals surface area (Å²) in [6.07, 6.45) is -5.57. The Labute approximate surface area is 150 Å². The Morgan fingerprint density at radius 2 is 1.44 bits per heavy atom. The highest BCUT2D eigenvalue weighted by Crippen LogP contribution is 2.29. The van der Waals surface area contributed by atoms with Crippen molar-refractivity contribution in [3.8, 4) is 0 Å². The predicted molar refractivity (Wildman–Crippen MR) is 81.8 cm³/mol. The van der Waals surface area contributed by atoms with Crippen LogP contribution in [-0.4, -0.2) is 29.0 Å². The predicted octanol–water partition coefficient (Wildman–Crippen LogP) is 2.70. The molecule has 5 nitrogen and oxygen atoms in total. The average molecular weight is 391 g/mol. The van der Waals surface area contributed by atoms with Crippen LogP contribution in [-0.2, 0) is 11.3 Å². The first-order valence-electron chi connectivity index (χ1n) is 7.56. The number of hydrogen-bond donors (Lipinski definition) is 3. The van der Waals surface area contributed by atoms with Gasteiger partial charge >= 0.3 is 6.09 Å². The molecule has 0 aliphatic heterocycles. The smallest absolute Gasteiger partial charge is 0.407 e. The zero-order valence-electron chi connectivity index (χ0n) is 13.6. The fourth-order valence-electron chi connectivity index (χ4n) is 2.15. The van der Waals surface area contributed by atoms with E-state index < -0.39 is 59.5 Å². The third-order valence-electron chi connectivity index (χ3n) is 3.57. The molecule has 0 saturated carbocycles. The van der Waals surface area contributed by atoms with Crippen molar-refractivity contribution in [1.82, 2.24) is 5.32 Å². The van der Waals surface area contributed by atoms with Gasteiger partial charge in [0.25, 0.3) is 0 Å². The molecule has 3 N–H and O–H groups in total. The molecule has 0 aliphatic carbocycles. The lowest BCUT2D eigenvalue weighted by Crippen LogP contribution is -2.36. The van der Waals surface area contributed by atoms with Gasteiger partial charge in [-0.3, -0.25) is 0 Å². The molecule has 27 heavy (non-hydrogen) atoms. The third-order valence-corrected chi connectivity index (χ3v) is 3.57. The third kappa shape index (κ3) is 4.72. The quantitative estimate of drug-likeness (QED) is 0.402. The summed E-state index contributed by atoms with van der Waals surface area (Å²) in [6.45, 7) is -0.878. The minimum atomic E-state index is -2.48. The molecule has 0 aromatic heterocycles. The summed E-state index contributed by atoms with van der Waals surface area (Å²) in [7, 11) is 0. The second-order valence-electron chi connectivity index (χ2n) is 5.44. The zero-order valence-corrected chi connectivity index (χ0v) is 13.6. The number of halogens is 5. The van der Waals surface area contributed by atoms with Crippen molar-refractivity contribution >= 4 is 6.09 Å². The molecular weight excluding hydrogens is 377 g/mol. The second-order valence-corrected chi connectivity index (χ2v) is 5.44. The van der Waals surface area contributed by atoms with E-state index in [-0.39, 0.29) is 6.61 Å². The van der Waals surface area contributed by atoms with E-state index in [1.165, 1.54) is 0 Å². The van der Waals surface area contributed by atoms with Crippen LogP contribution in [0.25, 0.3) is 0 Å². The summed E-state index contributed by atoms with van der Waals surface area (Å²) in [5, 5.41) is 21.5. The highest BCUT2D eigenvalue weighted by Gasteiger charge is 2.33. The van der Waals surface area contributed by atoms with Crippen LogP contribution in [0, 0.1) is 29.1 Å². The van der Waals surface area contributed by atoms with Crippen molar-refractivity contribution in [1.29, 1.82) is 0 Å². The summed E-state index contributed by atoms with van der Waals surface area (Å²) in [6, 6.07) is 8.52. The molecular formula is C17H14F5NO4. The first-order chi connectivity index (χ1) is 12.7. The van der Waals surface area contributed by atoms with Gasteiger partial charge in [0.2, 0.25) is 5.82 Å². The van der Waals surface area contributed by atoms with Crippen LogP contribution in [0.2, 0.25) is 0 Å². The standard InChI is InChI=1S/C17H14F5NO4/c18-11-10(12(19)14(21)15(22)13(11)20)16(25)9(24)6-23-17(26)27-7-8-4-2-1-3-5-8/h1-5,9,16,24-25H,6-7H2,(H,23,26). The largest absolute Gasteiger partial charge is 0.445 e. The number of carbonyl (C=O) groups excluding carboxylic acids is 1. The number of nitrogens with one attached hydrogen (secondary N) is 1. The Kier molecular flexibility index (Phi) is 6.70. The van der Waals surface area contributed by atoms with Gasteiger partial charge in [-0.15, -0.1) is 0 Å². The van der Waals surface area contributed by atoms with Gasteiger partial charge in [0, 0.05) is 6.54 Å². The van der Waals surface area contributed by atoms with Crippen molar-refractivity contribution in [3.63, 3.8) is 0 Å². The number of aliphatic hydroxyl groups excluding tert-OH is 2. The van der Waals surface area contributed by atoms with Crippen molar-refractivity contribution < 1.29 is 41.7 Å². The molecule has 0 radical (unpaired) electrons. The Morgan fingerprint density at radius 3 is 2.00 bits per heavy atom. The molecule has 2 atom stereocenters. The fraction of sp³-hybridized carbons (Fsp3) is 0.235. The van der Waals surface area contributed by atoms with E-state index in [1.807, 2.05) is 5.32 Å². The number of benzene rings is 2. The molecule has 2 aromatic carbocycles. The van der Waals surface area contributed by atoms with Crippen LogP contribution in [0.3, 0.4) is 0 Å². The van der Waals surface area contributed by atoms with Gasteiger partial charge in [0.1, 0.15) is 18.8 Å². The van der Waals surface area contributed by atoms with E-state index in [0.717, 1.165) is 0 Å². The summed E-state index contributed by atoms with van der Waals surface area (Å²) >= 11 is 0. The average Bonchev–Trinajstić information content (AvgIpc) is 2.68. The molecule has 0 aliphatic rings. The van der Waals surface area contributed by atoms with Gasteiger partial charge in [-0.1, -0.05) is 30.3 Å². The highest BCUT2D eigenvalue weighted by molar-refractivity contribution is 5.67. The first kappa shape index (κ1) is 20.6. The van der Waals surface area contributed by atoms with Crippen molar-refractivity contribution in [3.05, 3.63) is 70.5 Å². The topological polar surface area (TPSA) is 78.8 Å². The molecule has 10 heteroatoms. The van der Waals surface area contributed by atoms with E-state index in [0.29, 0.717) is 5.56 Å². The molecule has 0 bridgehead atoms. The first-order valence-corrected chi connectivity index (χ1v) is 7.56. The van der Waals surface area contributed by atoms with Gasteiger partial charge < -0.3 is 20.3 Å². The molecule has 0 fully saturated rings. The van der Waals surface area contributed by atoms with Crippen molar-refractivity contribution in [2.75, 3.05) is 6.54 Å². The lowest BCUT2D eigenvalue weighted by atomic mass is 10.0. The van der Waals surface area contributed by atoms with Crippen molar-refractivity contribution in [2.24, 2.45) is 0 Å². The number of ether oxygens (including phenoxy) is 1. The summed E-state index contributed by atoms with van der Waals surface area (Å²) in [5.41, 5.74) is -0.937. The molecule has 2 unspecified atom stereocenters.